The molecule has 9 nitrogen and oxygen atoms in total. The number of carbonyl (C=O) groups excluding carboxylic acids is 1. The molecule has 0 aromatic carbocycles. The number of aryl methyl sites for hydroxylation is 2. The number of amides is 1. The summed E-state index contributed by atoms with van der Waals surface area (Å²) in [6.07, 6.45) is 2.79. The van der Waals surface area contributed by atoms with E-state index in [1.165, 1.54) is 35.2 Å². The van der Waals surface area contributed by atoms with Gasteiger partial charge in [-0.1, -0.05) is 22.9 Å². The summed E-state index contributed by atoms with van der Waals surface area (Å²) >= 11 is 7.36. The third kappa shape index (κ3) is 4.01. The summed E-state index contributed by atoms with van der Waals surface area (Å²) in [5.41, 5.74) is 1.43. The van der Waals surface area contributed by atoms with Crippen LogP contribution in [-0.2, 0) is 21.9 Å². The number of aromatic nitrogens is 4. The first-order chi connectivity index (χ1) is 13.1. The normalized spacial score (nSPS) is 11.5. The third-order valence-electron chi connectivity index (χ3n) is 3.88. The Morgan fingerprint density at radius 2 is 1.96 bits per heavy atom. The number of nitrogens with zero attached hydrogens (tertiary/aromatic N) is 4. The Morgan fingerprint density at radius 3 is 2.57 bits per heavy atom. The van der Waals surface area contributed by atoms with Crippen molar-refractivity contribution in [1.29, 1.82) is 0 Å². The maximum absolute atomic E-state index is 12.7. The van der Waals surface area contributed by atoms with Crippen molar-refractivity contribution in [3.05, 3.63) is 35.1 Å². The number of carbonyl (C=O) groups is 1. The molecule has 1 amide bonds. The van der Waals surface area contributed by atoms with Crippen molar-refractivity contribution in [1.82, 2.24) is 19.5 Å². The Balaban J connectivity index is 1.98. The van der Waals surface area contributed by atoms with Crippen LogP contribution in [0, 0.1) is 13.8 Å². The second kappa shape index (κ2) is 7.49. The van der Waals surface area contributed by atoms with E-state index in [0.29, 0.717) is 22.2 Å². The standard InChI is InChI=1S/C16H17ClN6O3S2/c1-8-14(27-16(20-8)21-10(3)24)11-5-12(15(17)19-6-11)22-28(25,26)13-7-18-9(2)23(13)4/h5-7,22H,1-4H3,(H,20,21,24). The van der Waals surface area contributed by atoms with Gasteiger partial charge in [-0.15, -0.1) is 0 Å². The number of thiazole rings is 1. The predicted molar refractivity (Wildman–Crippen MR) is 108 cm³/mol. The van der Waals surface area contributed by atoms with E-state index in [4.69, 9.17) is 11.6 Å². The molecular formula is C16H17ClN6O3S2. The molecule has 148 valence electrons. The quantitative estimate of drug-likeness (QED) is 0.588. The van der Waals surface area contributed by atoms with Crippen LogP contribution in [0.4, 0.5) is 10.8 Å². The Hall–Kier alpha value is -2.50. The largest absolute Gasteiger partial charge is 0.321 e. The number of sulfonamides is 1. The predicted octanol–water partition coefficient (Wildman–Crippen LogP) is 2.97. The van der Waals surface area contributed by atoms with Gasteiger partial charge in [0.25, 0.3) is 10.0 Å². The van der Waals surface area contributed by atoms with Gasteiger partial charge >= 0.3 is 0 Å². The van der Waals surface area contributed by atoms with E-state index in [1.54, 1.807) is 27.0 Å². The smallest absolute Gasteiger partial charge is 0.279 e. The van der Waals surface area contributed by atoms with E-state index in [-0.39, 0.29) is 21.8 Å². The van der Waals surface area contributed by atoms with Crippen LogP contribution in [0.2, 0.25) is 5.15 Å². The molecule has 0 saturated carbocycles. The van der Waals surface area contributed by atoms with Crippen molar-refractivity contribution in [2.24, 2.45) is 7.05 Å². The number of anilines is 2. The van der Waals surface area contributed by atoms with Gasteiger partial charge in [0, 0.05) is 25.7 Å². The Labute approximate surface area is 170 Å². The Morgan fingerprint density at radius 1 is 1.25 bits per heavy atom. The molecule has 0 radical (unpaired) electrons. The lowest BCUT2D eigenvalue weighted by atomic mass is 10.2. The van der Waals surface area contributed by atoms with E-state index >= 15 is 0 Å². The van der Waals surface area contributed by atoms with Gasteiger partial charge < -0.3 is 9.88 Å². The average Bonchev–Trinajstić information content (AvgIpc) is 3.12. The maximum atomic E-state index is 12.7. The van der Waals surface area contributed by atoms with Crippen LogP contribution in [-0.4, -0.2) is 33.8 Å². The molecule has 28 heavy (non-hydrogen) atoms. The molecule has 0 saturated heterocycles. The zero-order valence-electron chi connectivity index (χ0n) is 15.4. The number of rotatable bonds is 5. The highest BCUT2D eigenvalue weighted by molar-refractivity contribution is 7.92. The minimum atomic E-state index is -3.91. The molecule has 0 aliphatic carbocycles. The lowest BCUT2D eigenvalue weighted by Crippen LogP contribution is -2.17. The number of pyridine rings is 1. The monoisotopic (exact) mass is 440 g/mol. The molecule has 2 N–H and O–H groups in total. The molecule has 0 aliphatic heterocycles. The van der Waals surface area contributed by atoms with Crippen LogP contribution in [0.5, 0.6) is 0 Å². The number of hydrogen-bond acceptors (Lipinski definition) is 7. The highest BCUT2D eigenvalue weighted by Crippen LogP contribution is 2.35. The molecular weight excluding hydrogens is 424 g/mol. The van der Waals surface area contributed by atoms with Gasteiger partial charge in [-0.2, -0.15) is 8.42 Å². The van der Waals surface area contributed by atoms with E-state index in [1.807, 2.05) is 0 Å². The van der Waals surface area contributed by atoms with Gasteiger partial charge in [0.2, 0.25) is 5.91 Å². The van der Waals surface area contributed by atoms with Crippen LogP contribution < -0.4 is 10.0 Å². The first-order valence-electron chi connectivity index (χ1n) is 8.00. The highest BCUT2D eigenvalue weighted by atomic mass is 35.5. The van der Waals surface area contributed by atoms with E-state index < -0.39 is 10.0 Å². The molecule has 3 aromatic heterocycles. The van der Waals surface area contributed by atoms with Crippen molar-refractivity contribution >= 4 is 49.7 Å². The van der Waals surface area contributed by atoms with Crippen molar-refractivity contribution in [2.45, 2.75) is 25.8 Å². The van der Waals surface area contributed by atoms with Crippen LogP contribution in [0.1, 0.15) is 18.4 Å². The van der Waals surface area contributed by atoms with Gasteiger partial charge in [-0.05, 0) is 19.9 Å². The first kappa shape index (κ1) is 20.2. The fourth-order valence-electron chi connectivity index (χ4n) is 2.44. The summed E-state index contributed by atoms with van der Waals surface area (Å²) in [6.45, 7) is 4.88. The van der Waals surface area contributed by atoms with Crippen LogP contribution in [0.3, 0.4) is 0 Å². The minimum Gasteiger partial charge on any atom is -0.321 e. The van der Waals surface area contributed by atoms with Gasteiger partial charge in [0.05, 0.1) is 22.5 Å². The van der Waals surface area contributed by atoms with E-state index in [2.05, 4.69) is 25.0 Å². The van der Waals surface area contributed by atoms with Gasteiger partial charge in [-0.3, -0.25) is 9.52 Å². The number of halogens is 1. The molecule has 12 heteroatoms. The fourth-order valence-corrected chi connectivity index (χ4v) is 4.87. The van der Waals surface area contributed by atoms with Crippen molar-refractivity contribution in [3.8, 4) is 10.4 Å². The molecule has 3 aromatic rings. The molecule has 0 spiro atoms. The molecule has 3 heterocycles. The molecule has 3 rings (SSSR count). The van der Waals surface area contributed by atoms with Crippen LogP contribution in [0.25, 0.3) is 10.4 Å². The number of imidazole rings is 1. The summed E-state index contributed by atoms with van der Waals surface area (Å²) in [5, 5.41) is 3.10. The fraction of sp³-hybridized carbons (Fsp3) is 0.250. The summed E-state index contributed by atoms with van der Waals surface area (Å²) in [5.74, 6) is 0.332. The summed E-state index contributed by atoms with van der Waals surface area (Å²) in [4.78, 5) is 24.3. The zero-order valence-corrected chi connectivity index (χ0v) is 17.8. The number of nitrogens with one attached hydrogen (secondary N) is 2. The maximum Gasteiger partial charge on any atom is 0.279 e. The summed E-state index contributed by atoms with van der Waals surface area (Å²) in [7, 11) is -2.30. The SMILES string of the molecule is CC(=O)Nc1nc(C)c(-c2cnc(Cl)c(NS(=O)(=O)c3cnc(C)n3C)c2)s1. The first-order valence-corrected chi connectivity index (χ1v) is 10.7. The lowest BCUT2D eigenvalue weighted by molar-refractivity contribution is -0.114. The average molecular weight is 441 g/mol. The van der Waals surface area contributed by atoms with Gasteiger partial charge in [-0.25, -0.2) is 15.0 Å². The Kier molecular flexibility index (Phi) is 5.41. The molecule has 0 aliphatic rings. The minimum absolute atomic E-state index is 0.00776. The third-order valence-corrected chi connectivity index (χ3v) is 6.72. The van der Waals surface area contributed by atoms with Crippen molar-refractivity contribution in [2.75, 3.05) is 10.0 Å². The number of hydrogen-bond donors (Lipinski definition) is 2. The van der Waals surface area contributed by atoms with Crippen LogP contribution in [0.15, 0.2) is 23.5 Å². The van der Waals surface area contributed by atoms with Crippen molar-refractivity contribution in [3.63, 3.8) is 0 Å². The van der Waals surface area contributed by atoms with Gasteiger partial charge in [0.15, 0.2) is 15.3 Å². The van der Waals surface area contributed by atoms with Crippen LogP contribution >= 0.6 is 22.9 Å². The molecule has 0 fully saturated rings. The van der Waals surface area contributed by atoms with Crippen molar-refractivity contribution < 1.29 is 13.2 Å². The van der Waals surface area contributed by atoms with Gasteiger partial charge in [0.1, 0.15) is 5.82 Å². The molecule has 0 unspecified atom stereocenters. The van der Waals surface area contributed by atoms with E-state index in [9.17, 15) is 13.2 Å². The van der Waals surface area contributed by atoms with E-state index in [0.717, 1.165) is 4.88 Å². The molecule has 0 atom stereocenters. The highest BCUT2D eigenvalue weighted by Gasteiger charge is 2.22. The Bertz CT molecular complexity index is 1170. The second-order valence-corrected chi connectivity index (χ2v) is 8.97. The molecule has 0 bridgehead atoms. The second-order valence-electron chi connectivity index (χ2n) is 5.99. The summed E-state index contributed by atoms with van der Waals surface area (Å²) in [6, 6.07) is 1.58. The summed E-state index contributed by atoms with van der Waals surface area (Å²) < 4.78 is 29.3. The topological polar surface area (TPSA) is 119 Å². The zero-order chi connectivity index (χ0) is 20.6. The lowest BCUT2D eigenvalue weighted by Gasteiger charge is -2.11.